The smallest absolute Gasteiger partial charge is 0.251 e. The van der Waals surface area contributed by atoms with Gasteiger partial charge in [0.15, 0.2) is 0 Å². The Hall–Kier alpha value is -3.12. The molecule has 0 spiro atoms. The number of thioether (sulfide) groups is 1. The first-order valence-corrected chi connectivity index (χ1v) is 10.3. The molecule has 146 valence electrons. The fourth-order valence-electron chi connectivity index (χ4n) is 3.03. The molecule has 4 aromatic rings. The lowest BCUT2D eigenvalue weighted by Gasteiger charge is -2.06. The number of halogens is 1. The predicted molar refractivity (Wildman–Crippen MR) is 114 cm³/mol. The van der Waals surface area contributed by atoms with Gasteiger partial charge in [-0.3, -0.25) is 4.79 Å². The molecular weight excluding hydrogens is 385 g/mol. The molecular formula is C23H20FN3OS. The molecule has 0 bridgehead atoms. The highest BCUT2D eigenvalue weighted by molar-refractivity contribution is 7.98. The number of fused-ring (bicyclic) bond motifs is 1. The molecule has 4 nitrogen and oxygen atoms in total. The van der Waals surface area contributed by atoms with Gasteiger partial charge in [-0.15, -0.1) is 11.8 Å². The van der Waals surface area contributed by atoms with Crippen molar-refractivity contribution in [1.82, 2.24) is 14.7 Å². The van der Waals surface area contributed by atoms with Gasteiger partial charge in [0.25, 0.3) is 5.91 Å². The van der Waals surface area contributed by atoms with Gasteiger partial charge >= 0.3 is 0 Å². The third kappa shape index (κ3) is 5.03. The lowest BCUT2D eigenvalue weighted by atomic mass is 10.1. The molecule has 1 N–H and O–H groups in total. The van der Waals surface area contributed by atoms with Gasteiger partial charge < -0.3 is 9.72 Å². The van der Waals surface area contributed by atoms with Crippen molar-refractivity contribution < 1.29 is 9.18 Å². The van der Waals surface area contributed by atoms with E-state index in [0.29, 0.717) is 18.5 Å². The van der Waals surface area contributed by atoms with Crippen molar-refractivity contribution in [3.8, 4) is 0 Å². The summed E-state index contributed by atoms with van der Waals surface area (Å²) in [6, 6.07) is 19.9. The third-order valence-electron chi connectivity index (χ3n) is 4.51. The van der Waals surface area contributed by atoms with Crippen molar-refractivity contribution >= 4 is 23.3 Å². The second-order valence-corrected chi connectivity index (χ2v) is 7.70. The number of hydrogen-bond donors (Lipinski definition) is 1. The number of amides is 1. The monoisotopic (exact) mass is 405 g/mol. The van der Waals surface area contributed by atoms with Crippen molar-refractivity contribution in [3.05, 3.63) is 102 Å². The molecule has 0 radical (unpaired) electrons. The van der Waals surface area contributed by atoms with Crippen LogP contribution in [-0.4, -0.2) is 21.8 Å². The van der Waals surface area contributed by atoms with Crippen LogP contribution in [0.1, 0.15) is 21.6 Å². The molecule has 6 heteroatoms. The molecule has 29 heavy (non-hydrogen) atoms. The van der Waals surface area contributed by atoms with Crippen LogP contribution in [0.4, 0.5) is 4.39 Å². The highest BCUT2D eigenvalue weighted by atomic mass is 32.2. The quantitative estimate of drug-likeness (QED) is 0.452. The van der Waals surface area contributed by atoms with Crippen molar-refractivity contribution in [2.24, 2.45) is 0 Å². The normalized spacial score (nSPS) is 10.9. The van der Waals surface area contributed by atoms with Crippen LogP contribution in [0.5, 0.6) is 0 Å². The molecule has 2 heterocycles. The molecule has 0 saturated heterocycles. The summed E-state index contributed by atoms with van der Waals surface area (Å²) in [7, 11) is 0. The molecule has 2 aromatic carbocycles. The Bertz CT molecular complexity index is 1090. The predicted octanol–water partition coefficient (Wildman–Crippen LogP) is 4.74. The first-order valence-electron chi connectivity index (χ1n) is 9.35. The van der Waals surface area contributed by atoms with Gasteiger partial charge in [-0.05, 0) is 60.5 Å². The van der Waals surface area contributed by atoms with Crippen molar-refractivity contribution in [2.45, 2.75) is 17.1 Å². The summed E-state index contributed by atoms with van der Waals surface area (Å²) in [5.41, 5.74) is 3.43. The Morgan fingerprint density at radius 2 is 1.93 bits per heavy atom. The molecule has 0 saturated carbocycles. The van der Waals surface area contributed by atoms with E-state index >= 15 is 0 Å². The summed E-state index contributed by atoms with van der Waals surface area (Å²) in [6.07, 6.45) is 4.61. The minimum absolute atomic E-state index is 0.127. The highest BCUT2D eigenvalue weighted by Gasteiger charge is 2.07. The molecule has 0 aliphatic carbocycles. The Morgan fingerprint density at radius 1 is 1.07 bits per heavy atom. The second-order valence-electron chi connectivity index (χ2n) is 6.65. The summed E-state index contributed by atoms with van der Waals surface area (Å²) < 4.78 is 15.2. The largest absolute Gasteiger partial charge is 0.352 e. The summed E-state index contributed by atoms with van der Waals surface area (Å²) in [6.45, 7) is 0.465. The Morgan fingerprint density at radius 3 is 2.72 bits per heavy atom. The second kappa shape index (κ2) is 8.92. The number of hydrogen-bond acceptors (Lipinski definition) is 3. The molecule has 1 amide bonds. The van der Waals surface area contributed by atoms with E-state index in [0.717, 1.165) is 27.6 Å². The lowest BCUT2D eigenvalue weighted by molar-refractivity contribution is 0.0954. The Balaban J connectivity index is 1.28. The maximum absolute atomic E-state index is 13.2. The number of pyridine rings is 1. The van der Waals surface area contributed by atoms with Crippen molar-refractivity contribution in [3.63, 3.8) is 0 Å². The van der Waals surface area contributed by atoms with E-state index in [1.54, 1.807) is 17.8 Å². The number of aromatic nitrogens is 2. The van der Waals surface area contributed by atoms with Crippen molar-refractivity contribution in [2.75, 3.05) is 6.54 Å². The number of carbonyl (C=O) groups excluding carboxylic acids is 1. The van der Waals surface area contributed by atoms with Gasteiger partial charge in [-0.25, -0.2) is 9.37 Å². The summed E-state index contributed by atoms with van der Waals surface area (Å²) >= 11 is 1.68. The van der Waals surface area contributed by atoms with Gasteiger partial charge in [0.2, 0.25) is 0 Å². The fraction of sp³-hybridized carbons (Fsp3) is 0.130. The first kappa shape index (κ1) is 19.2. The summed E-state index contributed by atoms with van der Waals surface area (Å²) in [5.74, 6) is 0.379. The zero-order chi connectivity index (χ0) is 20.1. The van der Waals surface area contributed by atoms with Crippen molar-refractivity contribution in [1.29, 1.82) is 0 Å². The van der Waals surface area contributed by atoms with E-state index in [1.165, 1.54) is 12.1 Å². The van der Waals surface area contributed by atoms with E-state index in [9.17, 15) is 9.18 Å². The first-order chi connectivity index (χ1) is 14.2. The number of nitrogens with one attached hydrogen (secondary N) is 1. The topological polar surface area (TPSA) is 46.4 Å². The third-order valence-corrected chi connectivity index (χ3v) is 5.55. The van der Waals surface area contributed by atoms with Crippen LogP contribution in [-0.2, 0) is 12.2 Å². The van der Waals surface area contributed by atoms with Gasteiger partial charge in [-0.1, -0.05) is 18.2 Å². The maximum atomic E-state index is 13.2. The van der Waals surface area contributed by atoms with E-state index in [2.05, 4.69) is 10.3 Å². The maximum Gasteiger partial charge on any atom is 0.251 e. The lowest BCUT2D eigenvalue weighted by Crippen LogP contribution is -2.25. The van der Waals surface area contributed by atoms with E-state index in [-0.39, 0.29) is 11.7 Å². The molecule has 0 aliphatic rings. The zero-order valence-corrected chi connectivity index (χ0v) is 16.5. The molecule has 4 rings (SSSR count). The van der Waals surface area contributed by atoms with Crippen LogP contribution in [0.25, 0.3) is 5.65 Å². The Labute approximate surface area is 172 Å². The standard InChI is InChI=1S/C23H20FN3OS/c24-19-5-3-4-17(14-19)11-12-25-23(28)18-7-9-21(10-8-18)29-16-20-15-27-13-2-1-6-22(27)26-20/h1-10,13-15H,11-12,16H2,(H,25,28). The molecule has 2 aromatic heterocycles. The molecule has 0 unspecified atom stereocenters. The molecule has 0 atom stereocenters. The van der Waals surface area contributed by atoms with E-state index < -0.39 is 0 Å². The number of carbonyl (C=O) groups is 1. The molecule has 0 fully saturated rings. The van der Waals surface area contributed by atoms with Gasteiger partial charge in [0.1, 0.15) is 11.5 Å². The highest BCUT2D eigenvalue weighted by Crippen LogP contribution is 2.23. The van der Waals surface area contributed by atoms with Crippen LogP contribution >= 0.6 is 11.8 Å². The van der Waals surface area contributed by atoms with Crippen LogP contribution in [0.15, 0.2) is 84.0 Å². The van der Waals surface area contributed by atoms with Crippen LogP contribution < -0.4 is 5.32 Å². The van der Waals surface area contributed by atoms with E-state index in [4.69, 9.17) is 0 Å². The average molecular weight is 405 g/mol. The minimum Gasteiger partial charge on any atom is -0.352 e. The SMILES string of the molecule is O=C(NCCc1cccc(F)c1)c1ccc(SCc2cn3ccccc3n2)cc1. The average Bonchev–Trinajstić information content (AvgIpc) is 3.16. The number of rotatable bonds is 7. The van der Waals surface area contributed by atoms with Crippen LogP contribution in [0, 0.1) is 5.82 Å². The van der Waals surface area contributed by atoms with Crippen LogP contribution in [0.3, 0.4) is 0 Å². The van der Waals surface area contributed by atoms with E-state index in [1.807, 2.05) is 65.3 Å². The van der Waals surface area contributed by atoms with Crippen LogP contribution in [0.2, 0.25) is 0 Å². The number of nitrogens with zero attached hydrogens (tertiary/aromatic N) is 2. The zero-order valence-electron chi connectivity index (χ0n) is 15.7. The van der Waals surface area contributed by atoms with Gasteiger partial charge in [0, 0.05) is 35.2 Å². The Kier molecular flexibility index (Phi) is 5.91. The minimum atomic E-state index is -0.259. The number of imidazole rings is 1. The fourth-order valence-corrected chi connectivity index (χ4v) is 3.81. The van der Waals surface area contributed by atoms with Gasteiger partial charge in [-0.2, -0.15) is 0 Å². The molecule has 0 aliphatic heterocycles. The van der Waals surface area contributed by atoms with Gasteiger partial charge in [0.05, 0.1) is 5.69 Å². The summed E-state index contributed by atoms with van der Waals surface area (Å²) in [4.78, 5) is 18.0. The number of benzene rings is 2. The summed E-state index contributed by atoms with van der Waals surface area (Å²) in [5, 5.41) is 2.88.